The third-order valence-electron chi connectivity index (χ3n) is 1.92. The van der Waals surface area contributed by atoms with Crippen LogP contribution in [-0.2, 0) is 0 Å². The van der Waals surface area contributed by atoms with Crippen LogP contribution in [0.3, 0.4) is 0 Å². The van der Waals surface area contributed by atoms with Gasteiger partial charge in [-0.05, 0) is 18.2 Å². The molecule has 14 heavy (non-hydrogen) atoms. The minimum Gasteiger partial charge on any atom is -0.496 e. The standard InChI is InChI=1S/C10H6ClNOS/c1-13-8-2-6(5-12)3-9-7(8)4-10(11)14-9/h2-4H,1H3. The summed E-state index contributed by atoms with van der Waals surface area (Å²) in [6, 6.07) is 7.46. The maximum atomic E-state index is 8.79. The first-order valence-corrected chi connectivity index (χ1v) is 5.11. The van der Waals surface area contributed by atoms with E-state index < -0.39 is 0 Å². The highest BCUT2D eigenvalue weighted by Crippen LogP contribution is 2.36. The normalized spacial score (nSPS) is 10.1. The van der Waals surface area contributed by atoms with Crippen molar-refractivity contribution in [1.82, 2.24) is 0 Å². The van der Waals surface area contributed by atoms with E-state index in [4.69, 9.17) is 21.6 Å². The van der Waals surface area contributed by atoms with E-state index in [1.54, 1.807) is 13.2 Å². The molecule has 0 aliphatic rings. The van der Waals surface area contributed by atoms with Crippen molar-refractivity contribution in [2.24, 2.45) is 0 Å². The second-order valence-corrected chi connectivity index (χ2v) is 4.47. The van der Waals surface area contributed by atoms with Gasteiger partial charge in [-0.25, -0.2) is 0 Å². The predicted molar refractivity (Wildman–Crippen MR) is 58.1 cm³/mol. The lowest BCUT2D eigenvalue weighted by molar-refractivity contribution is 0.420. The molecule has 2 nitrogen and oxygen atoms in total. The summed E-state index contributed by atoms with van der Waals surface area (Å²) in [6.07, 6.45) is 0. The highest BCUT2D eigenvalue weighted by atomic mass is 35.5. The van der Waals surface area contributed by atoms with Crippen molar-refractivity contribution in [1.29, 1.82) is 5.26 Å². The fraction of sp³-hybridized carbons (Fsp3) is 0.100. The Bertz CT molecular complexity index is 527. The zero-order valence-corrected chi connectivity index (χ0v) is 8.95. The molecule has 0 bridgehead atoms. The van der Waals surface area contributed by atoms with Crippen LogP contribution in [0.4, 0.5) is 0 Å². The molecule has 0 spiro atoms. The first-order chi connectivity index (χ1) is 6.74. The number of ether oxygens (including phenoxy) is 1. The molecule has 2 aromatic rings. The van der Waals surface area contributed by atoms with Gasteiger partial charge in [-0.2, -0.15) is 5.26 Å². The SMILES string of the molecule is COc1cc(C#N)cc2sc(Cl)cc12. The maximum Gasteiger partial charge on any atom is 0.128 e. The van der Waals surface area contributed by atoms with Gasteiger partial charge in [-0.1, -0.05) is 11.6 Å². The van der Waals surface area contributed by atoms with Crippen LogP contribution >= 0.6 is 22.9 Å². The molecule has 4 heteroatoms. The molecule has 70 valence electrons. The van der Waals surface area contributed by atoms with Gasteiger partial charge in [0.05, 0.1) is 23.1 Å². The average Bonchev–Trinajstić information content (AvgIpc) is 2.56. The first-order valence-electron chi connectivity index (χ1n) is 3.92. The molecule has 1 aromatic heterocycles. The lowest BCUT2D eigenvalue weighted by atomic mass is 10.2. The number of hydrogen-bond donors (Lipinski definition) is 0. The van der Waals surface area contributed by atoms with Crippen molar-refractivity contribution in [2.45, 2.75) is 0 Å². The smallest absolute Gasteiger partial charge is 0.128 e. The van der Waals surface area contributed by atoms with Gasteiger partial charge in [0.1, 0.15) is 5.75 Å². The molecule has 0 unspecified atom stereocenters. The predicted octanol–water partition coefficient (Wildman–Crippen LogP) is 3.43. The molecule has 0 aliphatic carbocycles. The van der Waals surface area contributed by atoms with Crippen molar-refractivity contribution in [3.8, 4) is 11.8 Å². The number of rotatable bonds is 1. The van der Waals surface area contributed by atoms with Crippen LogP contribution in [0.15, 0.2) is 18.2 Å². The topological polar surface area (TPSA) is 33.0 Å². The molecule has 0 saturated carbocycles. The van der Waals surface area contributed by atoms with E-state index in [9.17, 15) is 0 Å². The molecule has 0 atom stereocenters. The number of methoxy groups -OCH3 is 1. The largest absolute Gasteiger partial charge is 0.496 e. The van der Waals surface area contributed by atoms with Gasteiger partial charge < -0.3 is 4.74 Å². The van der Waals surface area contributed by atoms with Crippen molar-refractivity contribution in [3.05, 3.63) is 28.1 Å². The highest BCUT2D eigenvalue weighted by molar-refractivity contribution is 7.22. The van der Waals surface area contributed by atoms with Gasteiger partial charge in [0, 0.05) is 10.1 Å². The summed E-state index contributed by atoms with van der Waals surface area (Å²) in [5.41, 5.74) is 0.591. The Morgan fingerprint density at radius 1 is 1.43 bits per heavy atom. The number of nitriles is 1. The van der Waals surface area contributed by atoms with Gasteiger partial charge >= 0.3 is 0 Å². The lowest BCUT2D eigenvalue weighted by Crippen LogP contribution is -1.84. The van der Waals surface area contributed by atoms with Gasteiger partial charge in [0.15, 0.2) is 0 Å². The molecular weight excluding hydrogens is 218 g/mol. The minimum atomic E-state index is 0.591. The van der Waals surface area contributed by atoms with E-state index in [0.29, 0.717) is 15.6 Å². The molecule has 2 rings (SSSR count). The van der Waals surface area contributed by atoms with Gasteiger partial charge in [-0.15, -0.1) is 11.3 Å². The molecule has 1 heterocycles. The van der Waals surface area contributed by atoms with E-state index in [2.05, 4.69) is 6.07 Å². The lowest BCUT2D eigenvalue weighted by Gasteiger charge is -2.01. The number of nitrogens with zero attached hydrogens (tertiary/aromatic N) is 1. The Hall–Kier alpha value is -1.24. The summed E-state index contributed by atoms with van der Waals surface area (Å²) in [5.74, 6) is 0.696. The Morgan fingerprint density at radius 3 is 2.86 bits per heavy atom. The fourth-order valence-corrected chi connectivity index (χ4v) is 2.51. The van der Waals surface area contributed by atoms with Crippen LogP contribution in [0, 0.1) is 11.3 Å². The number of thiophene rings is 1. The molecule has 0 aliphatic heterocycles. The third kappa shape index (κ3) is 1.43. The molecule has 0 radical (unpaired) electrons. The van der Waals surface area contributed by atoms with Gasteiger partial charge in [0.25, 0.3) is 0 Å². The van der Waals surface area contributed by atoms with Gasteiger partial charge in [-0.3, -0.25) is 0 Å². The van der Waals surface area contributed by atoms with Crippen molar-refractivity contribution < 1.29 is 4.74 Å². The first kappa shape index (κ1) is 9.32. The Labute approximate surface area is 90.3 Å². The van der Waals surface area contributed by atoms with E-state index in [1.807, 2.05) is 12.1 Å². The number of hydrogen-bond acceptors (Lipinski definition) is 3. The molecule has 0 fully saturated rings. The van der Waals surface area contributed by atoms with Crippen LogP contribution in [-0.4, -0.2) is 7.11 Å². The van der Waals surface area contributed by atoms with Crippen LogP contribution in [0.1, 0.15) is 5.56 Å². The van der Waals surface area contributed by atoms with Crippen molar-refractivity contribution in [3.63, 3.8) is 0 Å². The second-order valence-electron chi connectivity index (χ2n) is 2.75. The van der Waals surface area contributed by atoms with E-state index >= 15 is 0 Å². The summed E-state index contributed by atoms with van der Waals surface area (Å²) in [5, 5.41) is 9.75. The van der Waals surface area contributed by atoms with Crippen LogP contribution in [0.5, 0.6) is 5.75 Å². The minimum absolute atomic E-state index is 0.591. The summed E-state index contributed by atoms with van der Waals surface area (Å²) in [7, 11) is 1.58. The Balaban J connectivity index is 2.80. The van der Waals surface area contributed by atoms with E-state index in [0.717, 1.165) is 10.1 Å². The summed E-state index contributed by atoms with van der Waals surface area (Å²) in [4.78, 5) is 0. The van der Waals surface area contributed by atoms with E-state index in [-0.39, 0.29) is 0 Å². The van der Waals surface area contributed by atoms with Crippen LogP contribution in [0.25, 0.3) is 10.1 Å². The second kappa shape index (κ2) is 3.49. The summed E-state index contributed by atoms with van der Waals surface area (Å²) < 4.78 is 6.86. The summed E-state index contributed by atoms with van der Waals surface area (Å²) in [6.45, 7) is 0. The molecule has 0 saturated heterocycles. The monoisotopic (exact) mass is 223 g/mol. The zero-order valence-electron chi connectivity index (χ0n) is 7.37. The van der Waals surface area contributed by atoms with Gasteiger partial charge in [0.2, 0.25) is 0 Å². The molecule has 0 amide bonds. The summed E-state index contributed by atoms with van der Waals surface area (Å²) >= 11 is 7.33. The third-order valence-corrected chi connectivity index (χ3v) is 3.13. The van der Waals surface area contributed by atoms with E-state index in [1.165, 1.54) is 11.3 Å². The zero-order chi connectivity index (χ0) is 10.1. The van der Waals surface area contributed by atoms with Crippen molar-refractivity contribution in [2.75, 3.05) is 7.11 Å². The highest BCUT2D eigenvalue weighted by Gasteiger charge is 2.07. The Morgan fingerprint density at radius 2 is 2.21 bits per heavy atom. The average molecular weight is 224 g/mol. The maximum absolute atomic E-state index is 8.79. The molecular formula is C10H6ClNOS. The van der Waals surface area contributed by atoms with Crippen molar-refractivity contribution >= 4 is 33.0 Å². The van der Waals surface area contributed by atoms with Crippen LogP contribution < -0.4 is 4.74 Å². The number of fused-ring (bicyclic) bond motifs is 1. The molecule has 0 N–H and O–H groups in total. The quantitative estimate of drug-likeness (QED) is 0.742. The number of halogens is 1. The van der Waals surface area contributed by atoms with Crippen LogP contribution in [0.2, 0.25) is 4.34 Å². The molecule has 1 aromatic carbocycles. The number of benzene rings is 1. The Kier molecular flexibility index (Phi) is 2.32. The fourth-order valence-electron chi connectivity index (χ4n) is 1.31.